The van der Waals surface area contributed by atoms with Crippen molar-refractivity contribution in [1.82, 2.24) is 15.0 Å². The van der Waals surface area contributed by atoms with Crippen molar-refractivity contribution in [3.8, 4) is 6.01 Å². The molecule has 1 atom stereocenters. The molecule has 0 aliphatic heterocycles. The zero-order valence-corrected chi connectivity index (χ0v) is 12.3. The molecule has 2 heterocycles. The number of aromatic nitrogens is 3. The molecule has 0 aliphatic carbocycles. The van der Waals surface area contributed by atoms with Gasteiger partial charge in [0.05, 0.1) is 13.2 Å². The molecule has 19 heavy (non-hydrogen) atoms. The first-order valence-electron chi connectivity index (χ1n) is 5.98. The molecule has 0 bridgehead atoms. The van der Waals surface area contributed by atoms with Crippen LogP contribution in [-0.2, 0) is 0 Å². The van der Waals surface area contributed by atoms with E-state index in [0.29, 0.717) is 5.95 Å². The number of nitrogens with zero attached hydrogens (tertiary/aromatic N) is 3. The summed E-state index contributed by atoms with van der Waals surface area (Å²) in [5, 5.41) is 5.46. The van der Waals surface area contributed by atoms with Crippen molar-refractivity contribution in [2.75, 3.05) is 12.4 Å². The zero-order chi connectivity index (χ0) is 13.7. The molecule has 0 aromatic carbocycles. The van der Waals surface area contributed by atoms with Gasteiger partial charge in [0.25, 0.3) is 0 Å². The lowest BCUT2D eigenvalue weighted by atomic mass is 10.1. The van der Waals surface area contributed by atoms with Crippen LogP contribution in [0.3, 0.4) is 0 Å². The van der Waals surface area contributed by atoms with Crippen LogP contribution in [0.5, 0.6) is 6.01 Å². The predicted molar refractivity (Wildman–Crippen MR) is 77.0 cm³/mol. The maximum absolute atomic E-state index is 5.83. The highest BCUT2D eigenvalue weighted by Gasteiger charge is 2.14. The highest BCUT2D eigenvalue weighted by atomic mass is 35.5. The Morgan fingerprint density at radius 1 is 1.42 bits per heavy atom. The first kappa shape index (κ1) is 14.0. The Hall–Kier alpha value is -1.40. The molecule has 1 unspecified atom stereocenters. The van der Waals surface area contributed by atoms with Crippen molar-refractivity contribution in [3.63, 3.8) is 0 Å². The van der Waals surface area contributed by atoms with Gasteiger partial charge in [0, 0.05) is 4.88 Å². The van der Waals surface area contributed by atoms with Crippen molar-refractivity contribution in [3.05, 3.63) is 27.7 Å². The van der Waals surface area contributed by atoms with Crippen LogP contribution in [0.2, 0.25) is 5.28 Å². The molecular weight excluding hydrogens is 284 g/mol. The lowest BCUT2D eigenvalue weighted by Crippen LogP contribution is -2.12. The summed E-state index contributed by atoms with van der Waals surface area (Å²) in [5.41, 5.74) is 0. The quantitative estimate of drug-likeness (QED) is 0.884. The molecule has 2 rings (SSSR count). The van der Waals surface area contributed by atoms with E-state index in [0.717, 1.165) is 12.8 Å². The third kappa shape index (κ3) is 3.78. The van der Waals surface area contributed by atoms with Crippen LogP contribution in [0.4, 0.5) is 5.95 Å². The van der Waals surface area contributed by atoms with Gasteiger partial charge in [-0.3, -0.25) is 0 Å². The summed E-state index contributed by atoms with van der Waals surface area (Å²) >= 11 is 7.54. The maximum Gasteiger partial charge on any atom is 0.322 e. The third-order valence-corrected chi connectivity index (χ3v) is 3.69. The number of halogens is 1. The van der Waals surface area contributed by atoms with E-state index in [-0.39, 0.29) is 17.3 Å². The molecule has 2 aromatic rings. The van der Waals surface area contributed by atoms with Crippen molar-refractivity contribution in [1.29, 1.82) is 0 Å². The Bertz CT molecular complexity index is 520. The van der Waals surface area contributed by atoms with E-state index in [4.69, 9.17) is 16.3 Å². The second kappa shape index (κ2) is 6.68. The lowest BCUT2D eigenvalue weighted by molar-refractivity contribution is 0.378. The minimum Gasteiger partial charge on any atom is -0.467 e. The standard InChI is InChI=1S/C12H15ClN4OS/c1-3-5-8(9-6-4-7-19-9)14-11-15-10(13)16-12(17-11)18-2/h4,6-8H,3,5H2,1-2H3,(H,14,15,16,17). The summed E-state index contributed by atoms with van der Waals surface area (Å²) in [5.74, 6) is 0.434. The number of nitrogens with one attached hydrogen (secondary N) is 1. The summed E-state index contributed by atoms with van der Waals surface area (Å²) in [6.45, 7) is 2.14. The van der Waals surface area contributed by atoms with Gasteiger partial charge in [0.1, 0.15) is 0 Å². The predicted octanol–water partition coefficient (Wildman–Crippen LogP) is 3.55. The van der Waals surface area contributed by atoms with Gasteiger partial charge < -0.3 is 10.1 Å². The Morgan fingerprint density at radius 2 is 2.26 bits per heavy atom. The number of anilines is 1. The zero-order valence-electron chi connectivity index (χ0n) is 10.8. The molecule has 0 aliphatic rings. The monoisotopic (exact) mass is 298 g/mol. The Morgan fingerprint density at radius 3 is 2.89 bits per heavy atom. The van der Waals surface area contributed by atoms with E-state index in [2.05, 4.69) is 38.6 Å². The number of hydrogen-bond donors (Lipinski definition) is 1. The first-order valence-corrected chi connectivity index (χ1v) is 7.24. The van der Waals surface area contributed by atoms with Gasteiger partial charge >= 0.3 is 6.01 Å². The van der Waals surface area contributed by atoms with E-state index in [9.17, 15) is 0 Å². The Kier molecular flexibility index (Phi) is 4.93. The van der Waals surface area contributed by atoms with Crippen LogP contribution in [0.1, 0.15) is 30.7 Å². The van der Waals surface area contributed by atoms with Gasteiger partial charge in [-0.15, -0.1) is 11.3 Å². The largest absolute Gasteiger partial charge is 0.467 e. The molecule has 0 spiro atoms. The number of rotatable bonds is 6. The van der Waals surface area contributed by atoms with Crippen molar-refractivity contribution in [2.45, 2.75) is 25.8 Å². The second-order valence-electron chi connectivity index (χ2n) is 3.92. The first-order chi connectivity index (χ1) is 9.22. The SMILES string of the molecule is CCCC(Nc1nc(Cl)nc(OC)n1)c1cccs1. The molecule has 0 saturated carbocycles. The summed E-state index contributed by atoms with van der Waals surface area (Å²) in [6.07, 6.45) is 2.05. The Labute approximate surface area is 121 Å². The van der Waals surface area contributed by atoms with Crippen LogP contribution >= 0.6 is 22.9 Å². The third-order valence-electron chi connectivity index (χ3n) is 2.54. The molecule has 0 radical (unpaired) electrons. The fraction of sp³-hybridized carbons (Fsp3) is 0.417. The lowest BCUT2D eigenvalue weighted by Gasteiger charge is -2.16. The van der Waals surface area contributed by atoms with Gasteiger partial charge in [0.2, 0.25) is 11.2 Å². The van der Waals surface area contributed by atoms with Crippen LogP contribution in [0.25, 0.3) is 0 Å². The van der Waals surface area contributed by atoms with Crippen LogP contribution in [-0.4, -0.2) is 22.1 Å². The smallest absolute Gasteiger partial charge is 0.322 e. The number of thiophene rings is 1. The Balaban J connectivity index is 2.19. The number of ether oxygens (including phenoxy) is 1. The molecule has 2 aromatic heterocycles. The van der Waals surface area contributed by atoms with Crippen LogP contribution < -0.4 is 10.1 Å². The average molecular weight is 299 g/mol. The minimum absolute atomic E-state index is 0.121. The van der Waals surface area contributed by atoms with E-state index >= 15 is 0 Å². The van der Waals surface area contributed by atoms with Gasteiger partial charge in [-0.1, -0.05) is 19.4 Å². The van der Waals surface area contributed by atoms with Gasteiger partial charge in [-0.2, -0.15) is 15.0 Å². The summed E-state index contributed by atoms with van der Waals surface area (Å²) in [4.78, 5) is 13.3. The van der Waals surface area contributed by atoms with Gasteiger partial charge in [-0.25, -0.2) is 0 Å². The van der Waals surface area contributed by atoms with Crippen LogP contribution in [0, 0.1) is 0 Å². The molecule has 0 amide bonds. The normalized spacial score (nSPS) is 12.2. The van der Waals surface area contributed by atoms with Crippen LogP contribution in [0.15, 0.2) is 17.5 Å². The molecular formula is C12H15ClN4OS. The van der Waals surface area contributed by atoms with E-state index in [1.165, 1.54) is 12.0 Å². The molecule has 0 saturated heterocycles. The maximum atomic E-state index is 5.83. The highest BCUT2D eigenvalue weighted by Crippen LogP contribution is 2.26. The molecule has 5 nitrogen and oxygen atoms in total. The van der Waals surface area contributed by atoms with Crippen molar-refractivity contribution < 1.29 is 4.74 Å². The average Bonchev–Trinajstić information content (AvgIpc) is 2.91. The van der Waals surface area contributed by atoms with E-state index in [1.807, 2.05) is 6.07 Å². The van der Waals surface area contributed by atoms with Gasteiger partial charge in [0.15, 0.2) is 0 Å². The fourth-order valence-corrected chi connectivity index (χ4v) is 2.67. The van der Waals surface area contributed by atoms with Crippen molar-refractivity contribution >= 4 is 28.9 Å². The molecule has 7 heteroatoms. The summed E-state index contributed by atoms with van der Waals surface area (Å²) < 4.78 is 4.98. The second-order valence-corrected chi connectivity index (χ2v) is 5.23. The number of methoxy groups -OCH3 is 1. The molecule has 102 valence electrons. The fourth-order valence-electron chi connectivity index (χ4n) is 1.71. The van der Waals surface area contributed by atoms with E-state index in [1.54, 1.807) is 11.3 Å². The van der Waals surface area contributed by atoms with Gasteiger partial charge in [-0.05, 0) is 29.5 Å². The van der Waals surface area contributed by atoms with E-state index < -0.39 is 0 Å². The minimum atomic E-state index is 0.121. The van der Waals surface area contributed by atoms with Crippen molar-refractivity contribution in [2.24, 2.45) is 0 Å². The summed E-state index contributed by atoms with van der Waals surface area (Å²) in [6, 6.07) is 4.51. The highest BCUT2D eigenvalue weighted by molar-refractivity contribution is 7.10. The molecule has 1 N–H and O–H groups in total. The topological polar surface area (TPSA) is 59.9 Å². The summed E-state index contributed by atoms with van der Waals surface area (Å²) in [7, 11) is 1.50. The number of hydrogen-bond acceptors (Lipinski definition) is 6. The molecule has 0 fully saturated rings.